The molecule has 0 bridgehead atoms. The van der Waals surface area contributed by atoms with Gasteiger partial charge in [-0.05, 0) is 27.8 Å². The van der Waals surface area contributed by atoms with E-state index in [0.29, 0.717) is 18.1 Å². The lowest BCUT2D eigenvalue weighted by Crippen LogP contribution is -2.44. The molecule has 138 valence electrons. The van der Waals surface area contributed by atoms with Gasteiger partial charge in [0.05, 0.1) is 12.1 Å². The van der Waals surface area contributed by atoms with Gasteiger partial charge in [-0.25, -0.2) is 8.42 Å². The number of aromatic nitrogens is 3. The SMILES string of the molecule is Cc1noc(C)c1S(=O)(=O)NC(C)c1nc(C2CNCCN2C)no1. The summed E-state index contributed by atoms with van der Waals surface area (Å²) in [6, 6.07) is -0.681. The van der Waals surface area contributed by atoms with E-state index in [1.807, 2.05) is 7.05 Å². The topological polar surface area (TPSA) is 126 Å². The molecule has 1 aliphatic heterocycles. The maximum absolute atomic E-state index is 12.6. The lowest BCUT2D eigenvalue weighted by Gasteiger charge is -2.30. The van der Waals surface area contributed by atoms with Crippen molar-refractivity contribution in [3.8, 4) is 0 Å². The van der Waals surface area contributed by atoms with Gasteiger partial charge in [0.25, 0.3) is 0 Å². The van der Waals surface area contributed by atoms with Gasteiger partial charge in [-0.15, -0.1) is 0 Å². The summed E-state index contributed by atoms with van der Waals surface area (Å²) in [7, 11) is -1.82. The Morgan fingerprint density at radius 3 is 2.72 bits per heavy atom. The molecule has 2 aromatic heterocycles. The molecule has 3 heterocycles. The minimum Gasteiger partial charge on any atom is -0.360 e. The third kappa shape index (κ3) is 3.59. The van der Waals surface area contributed by atoms with E-state index in [2.05, 4.69) is 30.2 Å². The second kappa shape index (κ2) is 6.83. The van der Waals surface area contributed by atoms with Crippen molar-refractivity contribution < 1.29 is 17.5 Å². The van der Waals surface area contributed by atoms with Crippen molar-refractivity contribution in [2.45, 2.75) is 37.8 Å². The summed E-state index contributed by atoms with van der Waals surface area (Å²) in [6.07, 6.45) is 0. The number of nitrogens with one attached hydrogen (secondary N) is 2. The number of nitrogens with zero attached hydrogens (tertiary/aromatic N) is 4. The molecule has 25 heavy (non-hydrogen) atoms. The Kier molecular flexibility index (Phi) is 4.91. The van der Waals surface area contributed by atoms with Crippen molar-refractivity contribution in [1.82, 2.24) is 30.2 Å². The van der Waals surface area contributed by atoms with Crippen LogP contribution in [0.15, 0.2) is 13.9 Å². The van der Waals surface area contributed by atoms with Gasteiger partial charge in [0.2, 0.25) is 15.9 Å². The number of aryl methyl sites for hydroxylation is 2. The fraction of sp³-hybridized carbons (Fsp3) is 0.643. The van der Waals surface area contributed by atoms with Crippen molar-refractivity contribution in [2.75, 3.05) is 26.7 Å². The third-order valence-electron chi connectivity index (χ3n) is 4.21. The van der Waals surface area contributed by atoms with Crippen LogP contribution in [0.4, 0.5) is 0 Å². The molecule has 0 amide bonds. The Morgan fingerprint density at radius 1 is 1.32 bits per heavy atom. The molecule has 11 heteroatoms. The normalized spacial score (nSPS) is 20.7. The largest absolute Gasteiger partial charge is 0.360 e. The average Bonchev–Trinajstić information content (AvgIpc) is 3.14. The van der Waals surface area contributed by atoms with E-state index < -0.39 is 16.1 Å². The van der Waals surface area contributed by atoms with Crippen molar-refractivity contribution in [3.05, 3.63) is 23.2 Å². The minimum absolute atomic E-state index is 0.00220. The van der Waals surface area contributed by atoms with Crippen LogP contribution in [0.25, 0.3) is 0 Å². The van der Waals surface area contributed by atoms with Gasteiger partial charge in [0.1, 0.15) is 10.6 Å². The van der Waals surface area contributed by atoms with E-state index in [1.165, 1.54) is 0 Å². The molecule has 0 saturated carbocycles. The lowest BCUT2D eigenvalue weighted by atomic mass is 10.2. The highest BCUT2D eigenvalue weighted by Crippen LogP contribution is 2.23. The predicted octanol–water partition coefficient (Wildman–Crippen LogP) is 0.290. The molecule has 2 atom stereocenters. The number of piperazine rings is 1. The summed E-state index contributed by atoms with van der Waals surface area (Å²) in [5.41, 5.74) is 0.304. The highest BCUT2D eigenvalue weighted by molar-refractivity contribution is 7.89. The summed E-state index contributed by atoms with van der Waals surface area (Å²) in [5.74, 6) is 0.982. The van der Waals surface area contributed by atoms with Gasteiger partial charge in [-0.1, -0.05) is 10.3 Å². The standard InChI is InChI=1S/C14H22N6O4S/c1-8-12(10(3)23-17-8)25(21,22)19-9(2)14-16-13(18-24-14)11-7-15-5-6-20(11)4/h9,11,15,19H,5-7H2,1-4H3. The van der Waals surface area contributed by atoms with E-state index in [1.54, 1.807) is 20.8 Å². The Hall–Kier alpha value is -1.82. The molecule has 0 spiro atoms. The molecule has 0 radical (unpaired) electrons. The van der Waals surface area contributed by atoms with Gasteiger partial charge in [0.15, 0.2) is 11.6 Å². The number of likely N-dealkylation sites (N-methyl/N-ethyl adjacent to an activating group) is 1. The second-order valence-corrected chi connectivity index (χ2v) is 7.84. The first-order valence-corrected chi connectivity index (χ1v) is 9.47. The van der Waals surface area contributed by atoms with Crippen LogP contribution in [0.5, 0.6) is 0 Å². The van der Waals surface area contributed by atoms with Crippen molar-refractivity contribution in [2.24, 2.45) is 0 Å². The van der Waals surface area contributed by atoms with E-state index in [-0.39, 0.29) is 22.6 Å². The highest BCUT2D eigenvalue weighted by atomic mass is 32.2. The molecule has 1 fully saturated rings. The Morgan fingerprint density at radius 2 is 2.08 bits per heavy atom. The number of hydrogen-bond acceptors (Lipinski definition) is 9. The van der Waals surface area contributed by atoms with Crippen LogP contribution >= 0.6 is 0 Å². The van der Waals surface area contributed by atoms with Gasteiger partial charge >= 0.3 is 0 Å². The molecule has 2 N–H and O–H groups in total. The van der Waals surface area contributed by atoms with Crippen LogP contribution in [-0.2, 0) is 10.0 Å². The fourth-order valence-corrected chi connectivity index (χ4v) is 4.38. The van der Waals surface area contributed by atoms with Crippen molar-refractivity contribution in [3.63, 3.8) is 0 Å². The molecular formula is C14H22N6O4S. The van der Waals surface area contributed by atoms with E-state index in [0.717, 1.165) is 13.1 Å². The van der Waals surface area contributed by atoms with Crippen molar-refractivity contribution in [1.29, 1.82) is 0 Å². The first kappa shape index (κ1) is 18.0. The Labute approximate surface area is 146 Å². The molecule has 2 unspecified atom stereocenters. The van der Waals surface area contributed by atoms with E-state index in [4.69, 9.17) is 9.05 Å². The molecule has 10 nitrogen and oxygen atoms in total. The molecular weight excluding hydrogens is 348 g/mol. The highest BCUT2D eigenvalue weighted by Gasteiger charge is 2.30. The van der Waals surface area contributed by atoms with Gasteiger partial charge in [-0.3, -0.25) is 4.90 Å². The van der Waals surface area contributed by atoms with Crippen LogP contribution in [0.3, 0.4) is 0 Å². The summed E-state index contributed by atoms with van der Waals surface area (Å²) < 4.78 is 37.9. The minimum atomic E-state index is -3.81. The van der Waals surface area contributed by atoms with Gasteiger partial charge < -0.3 is 14.4 Å². The maximum Gasteiger partial charge on any atom is 0.246 e. The van der Waals surface area contributed by atoms with Crippen LogP contribution < -0.4 is 10.0 Å². The van der Waals surface area contributed by atoms with Gasteiger partial charge in [-0.2, -0.15) is 9.71 Å². The molecule has 3 rings (SSSR count). The Bertz CT molecular complexity index is 826. The zero-order valence-electron chi connectivity index (χ0n) is 14.6. The summed E-state index contributed by atoms with van der Waals surface area (Å²) in [5, 5.41) is 11.0. The zero-order chi connectivity index (χ0) is 18.2. The first-order chi connectivity index (χ1) is 11.8. The maximum atomic E-state index is 12.6. The predicted molar refractivity (Wildman–Crippen MR) is 87.3 cm³/mol. The molecule has 1 saturated heterocycles. The van der Waals surface area contributed by atoms with E-state index in [9.17, 15) is 8.42 Å². The van der Waals surface area contributed by atoms with Crippen molar-refractivity contribution >= 4 is 10.0 Å². The molecule has 1 aliphatic rings. The smallest absolute Gasteiger partial charge is 0.246 e. The third-order valence-corrected chi connectivity index (χ3v) is 5.99. The first-order valence-electron chi connectivity index (χ1n) is 7.99. The molecule has 0 aromatic carbocycles. The zero-order valence-corrected chi connectivity index (χ0v) is 15.4. The number of sulfonamides is 1. The molecule has 0 aliphatic carbocycles. The van der Waals surface area contributed by atoms with Crippen LogP contribution in [0.2, 0.25) is 0 Å². The van der Waals surface area contributed by atoms with Crippen LogP contribution in [-0.4, -0.2) is 55.3 Å². The fourth-order valence-electron chi connectivity index (χ4n) is 2.85. The summed E-state index contributed by atoms with van der Waals surface area (Å²) in [6.45, 7) is 7.28. The summed E-state index contributed by atoms with van der Waals surface area (Å²) in [4.78, 5) is 6.54. The molecule has 2 aromatic rings. The monoisotopic (exact) mass is 370 g/mol. The number of rotatable bonds is 5. The van der Waals surface area contributed by atoms with E-state index >= 15 is 0 Å². The Balaban J connectivity index is 1.77. The second-order valence-electron chi connectivity index (χ2n) is 6.19. The quantitative estimate of drug-likeness (QED) is 0.763. The average molecular weight is 370 g/mol. The van der Waals surface area contributed by atoms with Gasteiger partial charge in [0, 0.05) is 19.6 Å². The van der Waals surface area contributed by atoms with Crippen LogP contribution in [0, 0.1) is 13.8 Å². The lowest BCUT2D eigenvalue weighted by molar-refractivity contribution is 0.190. The number of hydrogen-bond donors (Lipinski definition) is 2. The van der Waals surface area contributed by atoms with Crippen LogP contribution in [0.1, 0.15) is 42.2 Å². The summed E-state index contributed by atoms with van der Waals surface area (Å²) >= 11 is 0.